The molecule has 0 aromatic rings. The molecule has 0 aliphatic rings. The van der Waals surface area contributed by atoms with E-state index in [1.807, 2.05) is 0 Å². The van der Waals surface area contributed by atoms with Crippen LogP contribution in [0.15, 0.2) is 0 Å². The van der Waals surface area contributed by atoms with Crippen LogP contribution in [0.3, 0.4) is 0 Å². The standard InChI is InChI=1S/C8H18ClNO4S/c1-14-7-8(6-11)10-15(12,13)5-3-2-4-9/h8,10-11H,2-7H2,1H3. The first-order valence-corrected chi connectivity index (χ1v) is 6.90. The minimum atomic E-state index is -3.34. The highest BCUT2D eigenvalue weighted by Gasteiger charge is 2.16. The number of nitrogens with one attached hydrogen (secondary N) is 1. The maximum atomic E-state index is 11.4. The van der Waals surface area contributed by atoms with E-state index < -0.39 is 16.1 Å². The van der Waals surface area contributed by atoms with Gasteiger partial charge in [0.1, 0.15) is 0 Å². The van der Waals surface area contributed by atoms with E-state index in [1.165, 1.54) is 7.11 Å². The van der Waals surface area contributed by atoms with Crippen molar-refractivity contribution in [3.05, 3.63) is 0 Å². The van der Waals surface area contributed by atoms with Crippen molar-refractivity contribution in [3.63, 3.8) is 0 Å². The Morgan fingerprint density at radius 2 is 2.13 bits per heavy atom. The second-order valence-electron chi connectivity index (χ2n) is 3.17. The summed E-state index contributed by atoms with van der Waals surface area (Å²) in [5, 5.41) is 8.86. The van der Waals surface area contributed by atoms with Crippen LogP contribution in [0.2, 0.25) is 0 Å². The molecule has 5 nitrogen and oxygen atoms in total. The summed E-state index contributed by atoms with van der Waals surface area (Å²) in [7, 11) is -1.89. The predicted octanol–water partition coefficient (Wildman–Crippen LogP) is -0.0679. The summed E-state index contributed by atoms with van der Waals surface area (Å²) >= 11 is 5.44. The molecule has 0 fully saturated rings. The summed E-state index contributed by atoms with van der Waals surface area (Å²) in [6.07, 6.45) is 1.18. The van der Waals surface area contributed by atoms with Gasteiger partial charge in [-0.1, -0.05) is 0 Å². The minimum Gasteiger partial charge on any atom is -0.395 e. The molecular formula is C8H18ClNO4S. The van der Waals surface area contributed by atoms with Crippen molar-refractivity contribution in [2.45, 2.75) is 18.9 Å². The summed E-state index contributed by atoms with van der Waals surface area (Å²) in [6, 6.07) is -0.573. The number of aliphatic hydroxyl groups is 1. The summed E-state index contributed by atoms with van der Waals surface area (Å²) < 4.78 is 30.0. The Morgan fingerprint density at radius 1 is 1.47 bits per heavy atom. The zero-order valence-corrected chi connectivity index (χ0v) is 10.4. The van der Waals surface area contributed by atoms with Crippen LogP contribution in [0, 0.1) is 0 Å². The highest BCUT2D eigenvalue weighted by atomic mass is 35.5. The van der Waals surface area contributed by atoms with Gasteiger partial charge in [-0.05, 0) is 12.8 Å². The number of ether oxygens (including phenoxy) is 1. The number of hydrogen-bond acceptors (Lipinski definition) is 4. The molecule has 7 heteroatoms. The number of unbranched alkanes of at least 4 members (excludes halogenated alkanes) is 1. The number of halogens is 1. The van der Waals surface area contributed by atoms with Crippen LogP contribution in [0.1, 0.15) is 12.8 Å². The van der Waals surface area contributed by atoms with Crippen LogP contribution < -0.4 is 4.72 Å². The van der Waals surface area contributed by atoms with E-state index in [1.54, 1.807) is 0 Å². The lowest BCUT2D eigenvalue weighted by Crippen LogP contribution is -2.41. The molecule has 0 amide bonds. The number of alkyl halides is 1. The predicted molar refractivity (Wildman–Crippen MR) is 59.6 cm³/mol. The van der Waals surface area contributed by atoms with Gasteiger partial charge in [0.05, 0.1) is 25.0 Å². The molecule has 0 saturated carbocycles. The maximum Gasteiger partial charge on any atom is 0.212 e. The topological polar surface area (TPSA) is 75.6 Å². The molecule has 0 aromatic heterocycles. The Kier molecular flexibility index (Phi) is 8.36. The van der Waals surface area contributed by atoms with Crippen molar-refractivity contribution in [2.24, 2.45) is 0 Å². The molecule has 0 aliphatic heterocycles. The van der Waals surface area contributed by atoms with Crippen LogP contribution >= 0.6 is 11.6 Å². The molecule has 0 radical (unpaired) electrons. The Labute approximate surface area is 95.8 Å². The monoisotopic (exact) mass is 259 g/mol. The van der Waals surface area contributed by atoms with E-state index in [4.69, 9.17) is 21.4 Å². The lowest BCUT2D eigenvalue weighted by molar-refractivity contribution is 0.139. The van der Waals surface area contributed by atoms with E-state index in [0.29, 0.717) is 18.7 Å². The maximum absolute atomic E-state index is 11.4. The van der Waals surface area contributed by atoms with E-state index >= 15 is 0 Å². The average Bonchev–Trinajstić information content (AvgIpc) is 2.17. The van der Waals surface area contributed by atoms with Gasteiger partial charge in [-0.15, -0.1) is 11.6 Å². The normalized spacial score (nSPS) is 14.1. The number of hydrogen-bond donors (Lipinski definition) is 2. The third-order valence-corrected chi connectivity index (χ3v) is 3.52. The van der Waals surface area contributed by atoms with Crippen LogP contribution in [0.25, 0.3) is 0 Å². The fourth-order valence-corrected chi connectivity index (χ4v) is 2.57. The molecule has 0 heterocycles. The molecule has 0 bridgehead atoms. The Balaban J connectivity index is 3.99. The van der Waals surface area contributed by atoms with Gasteiger partial charge in [0.25, 0.3) is 0 Å². The number of aliphatic hydroxyl groups excluding tert-OH is 1. The fraction of sp³-hybridized carbons (Fsp3) is 1.00. The first-order chi connectivity index (χ1) is 7.05. The average molecular weight is 260 g/mol. The molecule has 15 heavy (non-hydrogen) atoms. The largest absolute Gasteiger partial charge is 0.395 e. The van der Waals surface area contributed by atoms with E-state index in [2.05, 4.69) is 4.72 Å². The van der Waals surface area contributed by atoms with Crippen molar-refractivity contribution in [2.75, 3.05) is 32.0 Å². The van der Waals surface area contributed by atoms with Crippen molar-refractivity contribution < 1.29 is 18.3 Å². The van der Waals surface area contributed by atoms with Crippen molar-refractivity contribution >= 4 is 21.6 Å². The molecule has 1 atom stereocenters. The molecule has 0 spiro atoms. The summed E-state index contributed by atoms with van der Waals surface area (Å²) in [4.78, 5) is 0. The van der Waals surface area contributed by atoms with E-state index in [9.17, 15) is 8.42 Å². The quantitative estimate of drug-likeness (QED) is 0.449. The highest BCUT2D eigenvalue weighted by molar-refractivity contribution is 7.89. The molecule has 0 aliphatic carbocycles. The Bertz CT molecular complexity index is 245. The third-order valence-electron chi connectivity index (χ3n) is 1.73. The third kappa shape index (κ3) is 7.98. The fourth-order valence-electron chi connectivity index (χ4n) is 1.02. The summed E-state index contributed by atoms with van der Waals surface area (Å²) in [5.74, 6) is 0.483. The zero-order chi connectivity index (χ0) is 11.7. The molecule has 1 unspecified atom stereocenters. The lowest BCUT2D eigenvalue weighted by Gasteiger charge is -2.15. The van der Waals surface area contributed by atoms with Gasteiger partial charge in [-0.25, -0.2) is 13.1 Å². The first-order valence-electron chi connectivity index (χ1n) is 4.71. The van der Waals surface area contributed by atoms with Crippen LogP contribution in [-0.4, -0.2) is 51.5 Å². The van der Waals surface area contributed by atoms with E-state index in [-0.39, 0.29) is 19.0 Å². The SMILES string of the molecule is COCC(CO)NS(=O)(=O)CCCCCl. The minimum absolute atomic E-state index is 0.0277. The molecule has 2 N–H and O–H groups in total. The van der Waals surface area contributed by atoms with Crippen LogP contribution in [-0.2, 0) is 14.8 Å². The molecule has 0 saturated heterocycles. The first kappa shape index (κ1) is 15.1. The van der Waals surface area contributed by atoms with Gasteiger partial charge in [-0.2, -0.15) is 0 Å². The molecule has 0 rings (SSSR count). The van der Waals surface area contributed by atoms with Gasteiger partial charge < -0.3 is 9.84 Å². The van der Waals surface area contributed by atoms with Crippen LogP contribution in [0.5, 0.6) is 0 Å². The van der Waals surface area contributed by atoms with Gasteiger partial charge >= 0.3 is 0 Å². The zero-order valence-electron chi connectivity index (χ0n) is 8.78. The molecule has 92 valence electrons. The lowest BCUT2D eigenvalue weighted by atomic mass is 10.4. The van der Waals surface area contributed by atoms with Crippen molar-refractivity contribution in [1.82, 2.24) is 4.72 Å². The Hall–Kier alpha value is 0.120. The number of methoxy groups -OCH3 is 1. The van der Waals surface area contributed by atoms with Gasteiger partial charge in [0, 0.05) is 13.0 Å². The van der Waals surface area contributed by atoms with E-state index in [0.717, 1.165) is 0 Å². The molecule has 0 aromatic carbocycles. The van der Waals surface area contributed by atoms with Crippen LogP contribution in [0.4, 0.5) is 0 Å². The molecular weight excluding hydrogens is 242 g/mol. The second-order valence-corrected chi connectivity index (χ2v) is 5.42. The van der Waals surface area contributed by atoms with Gasteiger partial charge in [0.15, 0.2) is 0 Å². The number of rotatable bonds is 9. The van der Waals surface area contributed by atoms with Crippen molar-refractivity contribution in [1.29, 1.82) is 0 Å². The number of sulfonamides is 1. The van der Waals surface area contributed by atoms with Gasteiger partial charge in [0.2, 0.25) is 10.0 Å². The van der Waals surface area contributed by atoms with Crippen molar-refractivity contribution in [3.8, 4) is 0 Å². The summed E-state index contributed by atoms with van der Waals surface area (Å²) in [5.41, 5.74) is 0. The Morgan fingerprint density at radius 3 is 2.60 bits per heavy atom. The van der Waals surface area contributed by atoms with Gasteiger partial charge in [-0.3, -0.25) is 0 Å². The summed E-state index contributed by atoms with van der Waals surface area (Å²) in [6.45, 7) is -0.117. The second kappa shape index (κ2) is 8.29. The highest BCUT2D eigenvalue weighted by Crippen LogP contribution is 1.98. The smallest absolute Gasteiger partial charge is 0.212 e.